The van der Waals surface area contributed by atoms with Crippen molar-refractivity contribution >= 4 is 0 Å². The Morgan fingerprint density at radius 2 is 1.43 bits per heavy atom. The molecule has 0 aromatic heterocycles. The van der Waals surface area contributed by atoms with Crippen LogP contribution in [0.2, 0.25) is 0 Å². The van der Waals surface area contributed by atoms with E-state index in [1.165, 1.54) is 53.8 Å². The molecule has 8 rings (SSSR count). The molecule has 21 heavy (non-hydrogen) atoms. The Morgan fingerprint density at radius 3 is 2.19 bits per heavy atom. The highest BCUT2D eigenvalue weighted by atomic mass is 14.8. The van der Waals surface area contributed by atoms with E-state index in [2.05, 4.69) is 6.92 Å². The van der Waals surface area contributed by atoms with Gasteiger partial charge in [-0.1, -0.05) is 11.1 Å². The molecule has 0 spiro atoms. The van der Waals surface area contributed by atoms with Gasteiger partial charge < -0.3 is 0 Å². The maximum Gasteiger partial charge on any atom is -0.0163 e. The van der Waals surface area contributed by atoms with E-state index >= 15 is 0 Å². The Labute approximate surface area is 128 Å². The molecule has 0 aromatic rings. The van der Waals surface area contributed by atoms with Gasteiger partial charge in [0.2, 0.25) is 0 Å². The molecule has 0 heteroatoms. The number of allylic oxidation sites excluding steroid dienone is 2. The normalized spacial score (nSPS) is 68.1. The van der Waals surface area contributed by atoms with Crippen molar-refractivity contribution in [3.8, 4) is 0 Å². The van der Waals surface area contributed by atoms with Crippen molar-refractivity contribution in [2.45, 2.75) is 51.9 Å². The Kier molecular flexibility index (Phi) is 1.78. The van der Waals surface area contributed by atoms with Gasteiger partial charge in [0.15, 0.2) is 0 Å². The zero-order valence-corrected chi connectivity index (χ0v) is 13.3. The van der Waals surface area contributed by atoms with Crippen molar-refractivity contribution in [3.05, 3.63) is 11.1 Å². The lowest BCUT2D eigenvalue weighted by molar-refractivity contribution is 0.157. The van der Waals surface area contributed by atoms with Gasteiger partial charge in [-0.25, -0.2) is 0 Å². The molecule has 0 aliphatic heterocycles. The lowest BCUT2D eigenvalue weighted by atomic mass is 9.66. The van der Waals surface area contributed by atoms with Crippen molar-refractivity contribution in [1.29, 1.82) is 0 Å². The average molecular weight is 280 g/mol. The maximum absolute atomic E-state index is 2.46. The van der Waals surface area contributed by atoms with Gasteiger partial charge in [0.05, 0.1) is 0 Å². The molecule has 2 bridgehead atoms. The molecule has 0 aromatic carbocycles. The molecule has 0 heterocycles. The van der Waals surface area contributed by atoms with Gasteiger partial charge in [-0.3, -0.25) is 0 Å². The van der Waals surface area contributed by atoms with E-state index in [9.17, 15) is 0 Å². The van der Waals surface area contributed by atoms with E-state index in [0.717, 1.165) is 17.8 Å². The standard InChI is InChI=1S/C21H28/c1-9-2-10-7-15(10)18(9)12-5-14(6-12)20-17-8-16-11-3-13(4-11)19(16)21(17)20/h10-17,19-21H,2-8H2,1H3. The summed E-state index contributed by atoms with van der Waals surface area (Å²) in [4.78, 5) is 0. The van der Waals surface area contributed by atoms with Gasteiger partial charge in [-0.2, -0.15) is 0 Å². The third-order valence-electron chi connectivity index (χ3n) is 9.68. The number of hydrogen-bond donors (Lipinski definition) is 0. The van der Waals surface area contributed by atoms with Crippen LogP contribution in [-0.2, 0) is 0 Å². The first-order chi connectivity index (χ1) is 10.3. The topological polar surface area (TPSA) is 0 Å². The summed E-state index contributed by atoms with van der Waals surface area (Å²) >= 11 is 0. The molecule has 0 saturated heterocycles. The summed E-state index contributed by atoms with van der Waals surface area (Å²) in [6.45, 7) is 2.46. The molecule has 8 aliphatic carbocycles. The molecule has 112 valence electrons. The van der Waals surface area contributed by atoms with E-state index < -0.39 is 0 Å². The zero-order valence-electron chi connectivity index (χ0n) is 13.3. The van der Waals surface area contributed by atoms with Crippen LogP contribution in [-0.4, -0.2) is 0 Å². The largest absolute Gasteiger partial charge is 0.0733 e. The van der Waals surface area contributed by atoms with Gasteiger partial charge in [-0.05, 0) is 117 Å². The van der Waals surface area contributed by atoms with Crippen LogP contribution in [0, 0.1) is 65.1 Å². The van der Waals surface area contributed by atoms with Gasteiger partial charge in [0, 0.05) is 0 Å². The van der Waals surface area contributed by atoms with Crippen LogP contribution in [0.1, 0.15) is 51.9 Å². The molecule has 7 atom stereocenters. The summed E-state index contributed by atoms with van der Waals surface area (Å²) in [5.74, 6) is 13.0. The van der Waals surface area contributed by atoms with Gasteiger partial charge in [0.1, 0.15) is 0 Å². The smallest absolute Gasteiger partial charge is 0.0163 e. The van der Waals surface area contributed by atoms with Crippen LogP contribution < -0.4 is 0 Å². The highest BCUT2D eigenvalue weighted by Crippen LogP contribution is 2.78. The first kappa shape index (κ1) is 11.3. The first-order valence-electron chi connectivity index (χ1n) is 9.99. The van der Waals surface area contributed by atoms with Crippen molar-refractivity contribution < 1.29 is 0 Å². The van der Waals surface area contributed by atoms with Gasteiger partial charge in [-0.15, -0.1) is 0 Å². The predicted octanol–water partition coefficient (Wildman–Crippen LogP) is 4.91. The highest BCUT2D eigenvalue weighted by molar-refractivity contribution is 5.34. The summed E-state index contributed by atoms with van der Waals surface area (Å²) in [7, 11) is 0. The quantitative estimate of drug-likeness (QED) is 0.631. The van der Waals surface area contributed by atoms with Gasteiger partial charge in [0.25, 0.3) is 0 Å². The van der Waals surface area contributed by atoms with E-state index in [0.29, 0.717) is 0 Å². The van der Waals surface area contributed by atoms with E-state index in [1.807, 2.05) is 11.1 Å². The fourth-order valence-electron chi connectivity index (χ4n) is 8.81. The van der Waals surface area contributed by atoms with Crippen molar-refractivity contribution in [2.24, 2.45) is 65.1 Å². The molecular weight excluding hydrogens is 252 g/mol. The highest BCUT2D eigenvalue weighted by Gasteiger charge is 2.71. The van der Waals surface area contributed by atoms with Crippen LogP contribution in [0.25, 0.3) is 0 Å². The zero-order chi connectivity index (χ0) is 13.5. The Bertz CT molecular complexity index is 559. The molecule has 0 N–H and O–H groups in total. The van der Waals surface area contributed by atoms with Crippen LogP contribution in [0.5, 0.6) is 0 Å². The van der Waals surface area contributed by atoms with Crippen LogP contribution in [0.15, 0.2) is 11.1 Å². The minimum atomic E-state index is 1.06. The number of fused-ring (bicyclic) bond motifs is 2. The third-order valence-corrected chi connectivity index (χ3v) is 9.68. The van der Waals surface area contributed by atoms with Crippen LogP contribution in [0.4, 0.5) is 0 Å². The fourth-order valence-corrected chi connectivity index (χ4v) is 8.81. The molecule has 7 fully saturated rings. The van der Waals surface area contributed by atoms with E-state index in [-0.39, 0.29) is 0 Å². The summed E-state index contributed by atoms with van der Waals surface area (Å²) < 4.78 is 0. The Balaban J connectivity index is 1.06. The molecule has 0 amide bonds. The fraction of sp³-hybridized carbons (Fsp3) is 0.905. The number of rotatable bonds is 2. The first-order valence-corrected chi connectivity index (χ1v) is 9.99. The molecule has 0 radical (unpaired) electrons. The predicted molar refractivity (Wildman–Crippen MR) is 83.4 cm³/mol. The average Bonchev–Trinajstić information content (AvgIpc) is 3.02. The third kappa shape index (κ3) is 1.21. The molecule has 0 nitrogen and oxygen atoms in total. The van der Waals surface area contributed by atoms with Crippen LogP contribution in [0.3, 0.4) is 0 Å². The van der Waals surface area contributed by atoms with E-state index in [4.69, 9.17) is 0 Å². The maximum atomic E-state index is 2.46. The van der Waals surface area contributed by atoms with Gasteiger partial charge >= 0.3 is 0 Å². The monoisotopic (exact) mass is 280 g/mol. The SMILES string of the molecule is CC1=C(C2CC(C3C4CC5C6CC(C6)C5C43)C2)C2CC2C1. The summed E-state index contributed by atoms with van der Waals surface area (Å²) in [5, 5.41) is 0. The Hall–Kier alpha value is -0.260. The summed E-state index contributed by atoms with van der Waals surface area (Å²) in [6, 6.07) is 0. The second-order valence-corrected chi connectivity index (χ2v) is 10.3. The summed E-state index contributed by atoms with van der Waals surface area (Å²) in [6.07, 6.45) is 11.2. The minimum absolute atomic E-state index is 1.06. The van der Waals surface area contributed by atoms with Crippen molar-refractivity contribution in [3.63, 3.8) is 0 Å². The number of hydrogen-bond acceptors (Lipinski definition) is 0. The second-order valence-electron chi connectivity index (χ2n) is 10.3. The molecule has 8 aliphatic rings. The second kappa shape index (κ2) is 3.31. The molecule has 7 saturated carbocycles. The van der Waals surface area contributed by atoms with E-state index in [1.54, 1.807) is 38.5 Å². The minimum Gasteiger partial charge on any atom is -0.0733 e. The molecule has 7 unspecified atom stereocenters. The van der Waals surface area contributed by atoms with Crippen LogP contribution >= 0.6 is 0 Å². The lowest BCUT2D eigenvalue weighted by Gasteiger charge is -2.39. The van der Waals surface area contributed by atoms with Crippen molar-refractivity contribution in [1.82, 2.24) is 0 Å². The molecular formula is C21H28. The lowest BCUT2D eigenvalue weighted by Crippen LogP contribution is -2.30. The van der Waals surface area contributed by atoms with Crippen molar-refractivity contribution in [2.75, 3.05) is 0 Å². The Morgan fingerprint density at radius 1 is 0.667 bits per heavy atom. The summed E-state index contributed by atoms with van der Waals surface area (Å²) in [5.41, 5.74) is 3.82.